The normalized spacial score (nSPS) is 31.2. The number of thioether (sulfide) groups is 1. The largest absolute Gasteiger partial charge is 0.302 e. The highest BCUT2D eigenvalue weighted by atomic mass is 32.2. The second-order valence-electron chi connectivity index (χ2n) is 4.95. The fraction of sp³-hybridized carbons (Fsp3) is 1.00. The van der Waals surface area contributed by atoms with Gasteiger partial charge in [-0.2, -0.15) is 11.8 Å². The lowest BCUT2D eigenvalue weighted by molar-refractivity contribution is 0.0566. The van der Waals surface area contributed by atoms with Gasteiger partial charge < -0.3 is 4.90 Å². The van der Waals surface area contributed by atoms with Crippen LogP contribution in [0.15, 0.2) is 0 Å². The van der Waals surface area contributed by atoms with Crippen LogP contribution in [0.1, 0.15) is 20.3 Å². The van der Waals surface area contributed by atoms with E-state index in [4.69, 9.17) is 0 Å². The van der Waals surface area contributed by atoms with Gasteiger partial charge in [0.1, 0.15) is 0 Å². The van der Waals surface area contributed by atoms with E-state index in [0.717, 1.165) is 17.8 Å². The Hall–Kier alpha value is 0.310. The summed E-state index contributed by atoms with van der Waals surface area (Å²) in [5.41, 5.74) is 0. The third kappa shape index (κ3) is 2.41. The van der Waals surface area contributed by atoms with Crippen LogP contribution in [-0.2, 0) is 0 Å². The summed E-state index contributed by atoms with van der Waals surface area (Å²) in [4.78, 5) is 2.65. The third-order valence-electron chi connectivity index (χ3n) is 3.47. The Morgan fingerprint density at radius 2 is 2.15 bits per heavy atom. The van der Waals surface area contributed by atoms with Crippen molar-refractivity contribution in [2.24, 2.45) is 17.8 Å². The van der Waals surface area contributed by atoms with Gasteiger partial charge in [-0.25, -0.2) is 0 Å². The van der Waals surface area contributed by atoms with Crippen molar-refractivity contribution in [3.05, 3.63) is 0 Å². The van der Waals surface area contributed by atoms with E-state index >= 15 is 0 Å². The Morgan fingerprint density at radius 3 is 2.69 bits per heavy atom. The molecule has 2 heteroatoms. The molecule has 0 N–H and O–H groups in total. The van der Waals surface area contributed by atoms with Gasteiger partial charge in [-0.05, 0) is 35.7 Å². The standard InChI is InChI=1S/C11H21NS/c1-9(2)11-6-12(7-11)5-10-3-4-13-8-10/h9-11H,3-8H2,1-2H3. The van der Waals surface area contributed by atoms with Crippen LogP contribution in [0.25, 0.3) is 0 Å². The molecule has 1 nitrogen and oxygen atoms in total. The first-order chi connectivity index (χ1) is 6.25. The van der Waals surface area contributed by atoms with Gasteiger partial charge in [0.05, 0.1) is 0 Å². The molecule has 76 valence electrons. The van der Waals surface area contributed by atoms with Crippen LogP contribution in [0.5, 0.6) is 0 Å². The molecule has 0 saturated carbocycles. The van der Waals surface area contributed by atoms with Gasteiger partial charge in [0.2, 0.25) is 0 Å². The summed E-state index contributed by atoms with van der Waals surface area (Å²) in [5.74, 6) is 5.73. The lowest BCUT2D eigenvalue weighted by atomic mass is 9.87. The summed E-state index contributed by atoms with van der Waals surface area (Å²) >= 11 is 2.14. The van der Waals surface area contributed by atoms with E-state index in [9.17, 15) is 0 Å². The van der Waals surface area contributed by atoms with Gasteiger partial charge in [0.15, 0.2) is 0 Å². The summed E-state index contributed by atoms with van der Waals surface area (Å²) in [5, 5.41) is 0. The predicted octanol–water partition coefficient (Wildman–Crippen LogP) is 2.33. The van der Waals surface area contributed by atoms with E-state index < -0.39 is 0 Å². The van der Waals surface area contributed by atoms with Crippen molar-refractivity contribution in [3.63, 3.8) is 0 Å². The zero-order valence-electron chi connectivity index (χ0n) is 8.83. The molecule has 2 heterocycles. The van der Waals surface area contributed by atoms with Gasteiger partial charge in [-0.1, -0.05) is 13.8 Å². The van der Waals surface area contributed by atoms with Crippen LogP contribution >= 0.6 is 11.8 Å². The molecule has 0 spiro atoms. The molecular formula is C11H21NS. The van der Waals surface area contributed by atoms with Crippen molar-refractivity contribution < 1.29 is 0 Å². The van der Waals surface area contributed by atoms with Crippen molar-refractivity contribution >= 4 is 11.8 Å². The smallest absolute Gasteiger partial charge is 0.00246 e. The molecule has 2 aliphatic heterocycles. The van der Waals surface area contributed by atoms with Gasteiger partial charge in [-0.3, -0.25) is 0 Å². The summed E-state index contributed by atoms with van der Waals surface area (Å²) < 4.78 is 0. The van der Waals surface area contributed by atoms with E-state index in [2.05, 4.69) is 30.5 Å². The number of hydrogen-bond acceptors (Lipinski definition) is 2. The molecule has 2 saturated heterocycles. The molecule has 2 aliphatic rings. The summed E-state index contributed by atoms with van der Waals surface area (Å²) in [6, 6.07) is 0. The van der Waals surface area contributed by atoms with E-state index in [0.29, 0.717) is 0 Å². The van der Waals surface area contributed by atoms with Crippen LogP contribution in [0.4, 0.5) is 0 Å². The van der Waals surface area contributed by atoms with E-state index in [1.165, 1.54) is 37.6 Å². The van der Waals surface area contributed by atoms with E-state index in [1.807, 2.05) is 0 Å². The van der Waals surface area contributed by atoms with Crippen molar-refractivity contribution in [3.8, 4) is 0 Å². The Bertz CT molecular complexity index is 157. The maximum Gasteiger partial charge on any atom is 0.00246 e. The SMILES string of the molecule is CC(C)C1CN(CC2CCSC2)C1. The van der Waals surface area contributed by atoms with Gasteiger partial charge in [0.25, 0.3) is 0 Å². The van der Waals surface area contributed by atoms with Crippen molar-refractivity contribution in [1.29, 1.82) is 0 Å². The molecule has 0 aromatic heterocycles. The maximum atomic E-state index is 2.65. The van der Waals surface area contributed by atoms with Crippen molar-refractivity contribution in [1.82, 2.24) is 4.90 Å². The van der Waals surface area contributed by atoms with Crippen molar-refractivity contribution in [2.45, 2.75) is 20.3 Å². The first-order valence-corrected chi connectivity index (χ1v) is 6.71. The molecule has 0 aromatic rings. The highest BCUT2D eigenvalue weighted by Crippen LogP contribution is 2.29. The van der Waals surface area contributed by atoms with Crippen LogP contribution in [0.3, 0.4) is 0 Å². The van der Waals surface area contributed by atoms with Crippen LogP contribution in [0.2, 0.25) is 0 Å². The zero-order chi connectivity index (χ0) is 9.26. The fourth-order valence-electron chi connectivity index (χ4n) is 2.27. The average molecular weight is 199 g/mol. The molecule has 0 aromatic carbocycles. The molecule has 1 atom stereocenters. The monoisotopic (exact) mass is 199 g/mol. The Morgan fingerprint density at radius 1 is 1.38 bits per heavy atom. The number of hydrogen-bond donors (Lipinski definition) is 0. The van der Waals surface area contributed by atoms with Crippen LogP contribution in [0, 0.1) is 17.8 Å². The van der Waals surface area contributed by atoms with E-state index in [-0.39, 0.29) is 0 Å². The highest BCUT2D eigenvalue weighted by molar-refractivity contribution is 7.99. The molecule has 0 amide bonds. The van der Waals surface area contributed by atoms with Gasteiger partial charge >= 0.3 is 0 Å². The minimum atomic E-state index is 0.897. The van der Waals surface area contributed by atoms with E-state index in [1.54, 1.807) is 0 Å². The predicted molar refractivity (Wildman–Crippen MR) is 60.2 cm³/mol. The summed E-state index contributed by atoms with van der Waals surface area (Å²) in [6.07, 6.45) is 1.47. The Balaban J connectivity index is 1.63. The second kappa shape index (κ2) is 4.22. The lowest BCUT2D eigenvalue weighted by Gasteiger charge is -2.42. The minimum Gasteiger partial charge on any atom is -0.302 e. The van der Waals surface area contributed by atoms with Crippen LogP contribution in [-0.4, -0.2) is 36.0 Å². The summed E-state index contributed by atoms with van der Waals surface area (Å²) in [6.45, 7) is 8.84. The molecule has 13 heavy (non-hydrogen) atoms. The second-order valence-corrected chi connectivity index (χ2v) is 6.10. The first kappa shape index (κ1) is 9.85. The molecule has 1 unspecified atom stereocenters. The van der Waals surface area contributed by atoms with Crippen molar-refractivity contribution in [2.75, 3.05) is 31.1 Å². The highest BCUT2D eigenvalue weighted by Gasteiger charge is 2.30. The number of likely N-dealkylation sites (tertiary alicyclic amines) is 1. The topological polar surface area (TPSA) is 3.24 Å². The molecule has 0 aliphatic carbocycles. The third-order valence-corrected chi connectivity index (χ3v) is 4.70. The summed E-state index contributed by atoms with van der Waals surface area (Å²) in [7, 11) is 0. The maximum absolute atomic E-state index is 2.65. The quantitative estimate of drug-likeness (QED) is 0.686. The Kier molecular flexibility index (Phi) is 3.20. The minimum absolute atomic E-state index is 0.897. The van der Waals surface area contributed by atoms with Gasteiger partial charge in [0, 0.05) is 19.6 Å². The zero-order valence-corrected chi connectivity index (χ0v) is 9.65. The molecule has 2 rings (SSSR count). The Labute approximate surface area is 86.3 Å². The molecule has 0 bridgehead atoms. The molecular weight excluding hydrogens is 178 g/mol. The number of rotatable bonds is 3. The first-order valence-electron chi connectivity index (χ1n) is 5.56. The molecule has 0 radical (unpaired) electrons. The number of nitrogens with zero attached hydrogens (tertiary/aromatic N) is 1. The average Bonchev–Trinajstić information content (AvgIpc) is 2.46. The van der Waals surface area contributed by atoms with Gasteiger partial charge in [-0.15, -0.1) is 0 Å². The fourth-order valence-corrected chi connectivity index (χ4v) is 3.55. The lowest BCUT2D eigenvalue weighted by Crippen LogP contribution is -2.50. The molecule has 2 fully saturated rings. The van der Waals surface area contributed by atoms with Crippen LogP contribution < -0.4 is 0 Å².